The van der Waals surface area contributed by atoms with Crippen LogP contribution in [0.4, 0.5) is 40.8 Å². The molecule has 0 unspecified atom stereocenters. The zero-order valence-electron chi connectivity index (χ0n) is 17.8. The lowest BCUT2D eigenvalue weighted by Crippen LogP contribution is -2.40. The van der Waals surface area contributed by atoms with E-state index in [1.165, 1.54) is 28.9 Å². The van der Waals surface area contributed by atoms with Crippen LogP contribution in [-0.4, -0.2) is 55.8 Å². The van der Waals surface area contributed by atoms with Gasteiger partial charge < -0.3 is 4.90 Å². The van der Waals surface area contributed by atoms with Crippen LogP contribution in [0.25, 0.3) is 27.6 Å². The van der Waals surface area contributed by atoms with Crippen LogP contribution in [0.3, 0.4) is 0 Å². The molecule has 0 fully saturated rings. The summed E-state index contributed by atoms with van der Waals surface area (Å²) in [6.45, 7) is -0.0859. The number of pyridine rings is 1. The van der Waals surface area contributed by atoms with Crippen molar-refractivity contribution in [2.75, 3.05) is 11.9 Å². The van der Waals surface area contributed by atoms with Gasteiger partial charge >= 0.3 is 24.2 Å². The highest BCUT2D eigenvalue weighted by Crippen LogP contribution is 2.37. The number of fused-ring (bicyclic) bond motifs is 2. The average Bonchev–Trinajstić information content (AvgIpc) is 3.31. The summed E-state index contributed by atoms with van der Waals surface area (Å²) in [4.78, 5) is 16.0. The van der Waals surface area contributed by atoms with E-state index in [-0.39, 0.29) is 27.9 Å². The third-order valence-corrected chi connectivity index (χ3v) is 5.32. The number of aromatic nitrogens is 5. The van der Waals surface area contributed by atoms with Crippen LogP contribution in [0.2, 0.25) is 0 Å². The van der Waals surface area contributed by atoms with Crippen molar-refractivity contribution in [2.24, 2.45) is 0 Å². The standard InChI is InChI=1S/C20H14F8N6O/c1-10-13-4-3-12(32(2)17(35)19(23,24)25)6-14(13)31-34(10)16-5-11-7-30-33(15(11)8-29-16)9-18(21,22)20(26,27)28/h3-8H,9H2,1-2H3. The Morgan fingerprint density at radius 1 is 1.03 bits per heavy atom. The van der Waals surface area contributed by atoms with Gasteiger partial charge in [-0.25, -0.2) is 9.67 Å². The number of benzene rings is 1. The Balaban J connectivity index is 1.70. The Morgan fingerprint density at radius 2 is 1.71 bits per heavy atom. The van der Waals surface area contributed by atoms with Gasteiger partial charge in [0, 0.05) is 23.5 Å². The normalized spacial score (nSPS) is 13.1. The van der Waals surface area contributed by atoms with Crippen molar-refractivity contribution >= 4 is 33.4 Å². The minimum atomic E-state index is -5.75. The fourth-order valence-corrected chi connectivity index (χ4v) is 3.43. The quantitative estimate of drug-likeness (QED) is 0.373. The second-order valence-electron chi connectivity index (χ2n) is 7.67. The fraction of sp³-hybridized carbons (Fsp3) is 0.300. The zero-order valence-corrected chi connectivity index (χ0v) is 17.8. The molecule has 0 saturated carbocycles. The minimum Gasteiger partial charge on any atom is -0.308 e. The average molecular weight is 506 g/mol. The van der Waals surface area contributed by atoms with Crippen molar-refractivity contribution in [3.05, 3.63) is 42.4 Å². The Hall–Kier alpha value is -3.78. The first-order chi connectivity index (χ1) is 16.1. The van der Waals surface area contributed by atoms with Crippen molar-refractivity contribution < 1.29 is 39.9 Å². The maximum absolute atomic E-state index is 13.4. The highest BCUT2D eigenvalue weighted by atomic mass is 19.4. The smallest absolute Gasteiger partial charge is 0.308 e. The number of carbonyl (C=O) groups excluding carboxylic acids is 1. The number of alkyl halides is 8. The third kappa shape index (κ3) is 4.25. The van der Waals surface area contributed by atoms with E-state index in [0.717, 1.165) is 19.4 Å². The summed E-state index contributed by atoms with van der Waals surface area (Å²) in [6.07, 6.45) is -8.65. The van der Waals surface area contributed by atoms with E-state index in [1.54, 1.807) is 6.92 Å². The van der Waals surface area contributed by atoms with E-state index >= 15 is 0 Å². The Kier molecular flexibility index (Phi) is 5.48. The molecule has 1 aromatic carbocycles. The lowest BCUT2D eigenvalue weighted by Gasteiger charge is -2.19. The summed E-state index contributed by atoms with van der Waals surface area (Å²) in [7, 11) is 0.969. The van der Waals surface area contributed by atoms with Crippen molar-refractivity contribution in [1.82, 2.24) is 24.5 Å². The Labute approximate surface area is 190 Å². The molecule has 1 amide bonds. The van der Waals surface area contributed by atoms with Gasteiger partial charge in [-0.3, -0.25) is 9.48 Å². The van der Waals surface area contributed by atoms with Gasteiger partial charge in [0.15, 0.2) is 5.82 Å². The molecular weight excluding hydrogens is 492 g/mol. The molecule has 0 spiro atoms. The van der Waals surface area contributed by atoms with Crippen LogP contribution in [0.5, 0.6) is 0 Å². The summed E-state index contributed by atoms with van der Waals surface area (Å²) >= 11 is 0. The van der Waals surface area contributed by atoms with Gasteiger partial charge in [0.2, 0.25) is 0 Å². The highest BCUT2D eigenvalue weighted by Gasteiger charge is 2.57. The maximum atomic E-state index is 13.4. The van der Waals surface area contributed by atoms with Gasteiger partial charge in [-0.2, -0.15) is 45.3 Å². The number of nitrogens with zero attached hydrogens (tertiary/aromatic N) is 6. The predicted molar refractivity (Wildman–Crippen MR) is 107 cm³/mol. The summed E-state index contributed by atoms with van der Waals surface area (Å²) in [5.74, 6) is -6.90. The van der Waals surface area contributed by atoms with Crippen LogP contribution in [0.1, 0.15) is 5.69 Å². The summed E-state index contributed by atoms with van der Waals surface area (Å²) < 4.78 is 105. The number of anilines is 1. The molecule has 186 valence electrons. The van der Waals surface area contributed by atoms with Crippen LogP contribution in [-0.2, 0) is 11.3 Å². The molecule has 4 rings (SSSR count). The SMILES string of the molecule is Cc1c2ccc(N(C)C(=O)C(F)(F)F)cc2nn1-c1cc2cnn(CC(F)(F)C(F)(F)F)c2cn1. The molecule has 3 aromatic heterocycles. The van der Waals surface area contributed by atoms with Gasteiger partial charge in [0.1, 0.15) is 6.54 Å². The third-order valence-electron chi connectivity index (χ3n) is 5.32. The molecule has 7 nitrogen and oxygen atoms in total. The number of aryl methyl sites for hydroxylation is 1. The second-order valence-corrected chi connectivity index (χ2v) is 7.67. The molecular formula is C20H14F8N6O. The number of hydrogen-bond donors (Lipinski definition) is 0. The van der Waals surface area contributed by atoms with E-state index in [1.807, 2.05) is 0 Å². The lowest BCUT2D eigenvalue weighted by atomic mass is 10.2. The van der Waals surface area contributed by atoms with E-state index in [9.17, 15) is 39.9 Å². The molecule has 3 heterocycles. The molecule has 0 saturated heterocycles. The number of hydrogen-bond acceptors (Lipinski definition) is 4. The zero-order chi connectivity index (χ0) is 25.9. The first-order valence-electron chi connectivity index (χ1n) is 9.71. The van der Waals surface area contributed by atoms with Gasteiger partial charge in [0.25, 0.3) is 0 Å². The number of carbonyl (C=O) groups is 1. The molecule has 0 aliphatic heterocycles. The van der Waals surface area contributed by atoms with Crippen LogP contribution < -0.4 is 4.90 Å². The van der Waals surface area contributed by atoms with Crippen LogP contribution >= 0.6 is 0 Å². The molecule has 0 N–H and O–H groups in total. The van der Waals surface area contributed by atoms with Crippen molar-refractivity contribution in [3.63, 3.8) is 0 Å². The largest absolute Gasteiger partial charge is 0.471 e. The molecule has 35 heavy (non-hydrogen) atoms. The van der Waals surface area contributed by atoms with Crippen LogP contribution in [0, 0.1) is 6.92 Å². The molecule has 0 aliphatic rings. The van der Waals surface area contributed by atoms with E-state index < -0.39 is 30.7 Å². The van der Waals surface area contributed by atoms with E-state index in [4.69, 9.17) is 0 Å². The predicted octanol–water partition coefficient (Wildman–Crippen LogP) is 4.80. The number of rotatable bonds is 4. The molecule has 0 atom stereocenters. The fourth-order valence-electron chi connectivity index (χ4n) is 3.43. The maximum Gasteiger partial charge on any atom is 0.471 e. The van der Waals surface area contributed by atoms with E-state index in [0.29, 0.717) is 20.7 Å². The summed E-state index contributed by atoms with van der Waals surface area (Å²) in [6, 6.07) is 5.42. The van der Waals surface area contributed by atoms with Gasteiger partial charge in [0.05, 0.1) is 29.1 Å². The molecule has 0 aliphatic carbocycles. The number of halogens is 8. The topological polar surface area (TPSA) is 68.8 Å². The highest BCUT2D eigenvalue weighted by molar-refractivity contribution is 5.98. The van der Waals surface area contributed by atoms with Crippen LogP contribution in [0.15, 0.2) is 36.7 Å². The molecule has 15 heteroatoms. The minimum absolute atomic E-state index is 0.0558. The summed E-state index contributed by atoms with van der Waals surface area (Å²) in [5, 5.41) is 8.63. The van der Waals surface area contributed by atoms with Gasteiger partial charge in [-0.1, -0.05) is 0 Å². The Morgan fingerprint density at radius 3 is 2.34 bits per heavy atom. The number of amides is 1. The molecule has 0 radical (unpaired) electrons. The van der Waals surface area contributed by atoms with E-state index in [2.05, 4.69) is 15.2 Å². The first kappa shape index (κ1) is 24.3. The van der Waals surface area contributed by atoms with Gasteiger partial charge in [-0.05, 0) is 31.2 Å². The molecule has 0 bridgehead atoms. The van der Waals surface area contributed by atoms with Crippen molar-refractivity contribution in [1.29, 1.82) is 0 Å². The van der Waals surface area contributed by atoms with Crippen molar-refractivity contribution in [2.45, 2.75) is 31.7 Å². The first-order valence-corrected chi connectivity index (χ1v) is 9.71. The lowest BCUT2D eigenvalue weighted by molar-refractivity contribution is -0.287. The molecule has 4 aromatic rings. The van der Waals surface area contributed by atoms with Gasteiger partial charge in [-0.15, -0.1) is 0 Å². The monoisotopic (exact) mass is 506 g/mol. The van der Waals surface area contributed by atoms with Crippen molar-refractivity contribution in [3.8, 4) is 5.82 Å². The Bertz CT molecular complexity index is 1440. The summed E-state index contributed by atoms with van der Waals surface area (Å²) in [5.41, 5.74) is 0.629. The second kappa shape index (κ2) is 7.88.